The Labute approximate surface area is 167 Å². The molecule has 132 valence electrons. The number of carbonyl (C=O) groups excluding carboxylic acids is 2. The molecule has 0 radical (unpaired) electrons. The smallest absolute Gasteiger partial charge is 0.189 e. The van der Waals surface area contributed by atoms with E-state index in [1.54, 1.807) is 23.5 Å². The molecule has 1 aliphatic rings. The van der Waals surface area contributed by atoms with Gasteiger partial charge in [-0.1, -0.05) is 28.9 Å². The summed E-state index contributed by atoms with van der Waals surface area (Å²) < 4.78 is 1.24. The van der Waals surface area contributed by atoms with Crippen LogP contribution >= 0.6 is 61.7 Å². The van der Waals surface area contributed by atoms with Crippen LogP contribution in [0.1, 0.15) is 24.0 Å². The fourth-order valence-electron chi connectivity index (χ4n) is 3.04. The molecule has 1 heterocycles. The minimum absolute atomic E-state index is 0.00548. The third-order valence-corrected chi connectivity index (χ3v) is 13.3. The maximum Gasteiger partial charge on any atom is 0.189 e. The summed E-state index contributed by atoms with van der Waals surface area (Å²) in [6, 6.07) is 5.88. The molecule has 0 N–H and O–H groups in total. The molecule has 0 aliphatic carbocycles. The summed E-state index contributed by atoms with van der Waals surface area (Å²) in [7, 11) is -0.395. The van der Waals surface area contributed by atoms with Crippen molar-refractivity contribution in [1.82, 2.24) is 0 Å². The second kappa shape index (κ2) is 8.33. The quantitative estimate of drug-likeness (QED) is 0.355. The third kappa shape index (κ3) is 3.31. The van der Waals surface area contributed by atoms with Gasteiger partial charge in [0.1, 0.15) is 5.92 Å². The van der Waals surface area contributed by atoms with Crippen molar-refractivity contribution in [2.75, 3.05) is 25.0 Å². The Morgan fingerprint density at radius 1 is 1.21 bits per heavy atom. The topological polar surface area (TPSA) is 34.1 Å². The van der Waals surface area contributed by atoms with E-state index >= 15 is 0 Å². The highest BCUT2D eigenvalue weighted by molar-refractivity contribution is 9.10. The molecule has 24 heavy (non-hydrogen) atoms. The van der Waals surface area contributed by atoms with E-state index in [1.165, 1.54) is 11.8 Å². The molecule has 0 aromatic heterocycles. The summed E-state index contributed by atoms with van der Waals surface area (Å²) in [5.74, 6) is -0.638. The number of thioether (sulfide) groups is 3. The Morgan fingerprint density at radius 2 is 1.83 bits per heavy atom. The number of halogens is 1. The van der Waals surface area contributed by atoms with Crippen molar-refractivity contribution in [3.8, 4) is 0 Å². The average Bonchev–Trinajstić information content (AvgIpc) is 2.57. The van der Waals surface area contributed by atoms with Crippen LogP contribution in [-0.2, 0) is 16.0 Å². The molecule has 2 nitrogen and oxygen atoms in total. The van der Waals surface area contributed by atoms with E-state index in [9.17, 15) is 9.59 Å². The average molecular weight is 466 g/mol. The lowest BCUT2D eigenvalue weighted by molar-refractivity contribution is -0.125. The van der Waals surface area contributed by atoms with Gasteiger partial charge in [0, 0.05) is 4.47 Å². The highest BCUT2D eigenvalue weighted by Gasteiger charge is 2.51. The summed E-state index contributed by atoms with van der Waals surface area (Å²) in [5.41, 5.74) is 1.93. The molecule has 0 amide bonds. The summed E-state index contributed by atoms with van der Waals surface area (Å²) in [6.45, 7) is 2.06. The number of hydrogen-bond donors (Lipinski definition) is 0. The van der Waals surface area contributed by atoms with E-state index in [1.807, 2.05) is 43.2 Å². The number of Topliss-reactive ketones (excluding diaryl/α,β-unsaturated/α-hetero) is 2. The Kier molecular flexibility index (Phi) is 7.16. The van der Waals surface area contributed by atoms with E-state index < -0.39 is 19.8 Å². The van der Waals surface area contributed by atoms with Gasteiger partial charge in [-0.05, 0) is 54.7 Å². The summed E-state index contributed by atoms with van der Waals surface area (Å²) in [4.78, 5) is 26.6. The van der Waals surface area contributed by atoms with Gasteiger partial charge in [0.15, 0.2) is 15.0 Å². The van der Waals surface area contributed by atoms with Crippen LogP contribution in [-0.4, -0.2) is 44.2 Å². The van der Waals surface area contributed by atoms with Crippen LogP contribution in [0.4, 0.5) is 0 Å². The molecule has 2 unspecified atom stereocenters. The van der Waals surface area contributed by atoms with Crippen LogP contribution in [0, 0.1) is 0 Å². The molecular weight excluding hydrogens is 444 g/mol. The Morgan fingerprint density at radius 3 is 2.33 bits per heavy atom. The van der Waals surface area contributed by atoms with Gasteiger partial charge in [0.05, 0.1) is 4.20 Å². The predicted octanol–water partition coefficient (Wildman–Crippen LogP) is 5.02. The Bertz CT molecular complexity index is 711. The number of rotatable bonds is 4. The van der Waals surface area contributed by atoms with E-state index in [4.69, 9.17) is 0 Å². The van der Waals surface area contributed by atoms with Gasteiger partial charge in [-0.2, -0.15) is 0 Å². The van der Waals surface area contributed by atoms with Gasteiger partial charge < -0.3 is 0 Å². The lowest BCUT2D eigenvalue weighted by Crippen LogP contribution is -2.44. The Hall–Kier alpha value is 0.310. The first-order chi connectivity index (χ1) is 11.4. The first-order valence-corrected chi connectivity index (χ1v) is 13.5. The molecule has 1 aromatic rings. The molecule has 1 aromatic carbocycles. The van der Waals surface area contributed by atoms with E-state index in [0.29, 0.717) is 0 Å². The molecule has 2 rings (SSSR count). The van der Waals surface area contributed by atoms with Crippen LogP contribution in [0.25, 0.3) is 0 Å². The van der Waals surface area contributed by atoms with Crippen molar-refractivity contribution in [3.05, 3.63) is 33.8 Å². The predicted molar refractivity (Wildman–Crippen MR) is 118 cm³/mol. The number of aryl methyl sites for hydroxylation is 1. The van der Waals surface area contributed by atoms with Crippen molar-refractivity contribution in [3.63, 3.8) is 0 Å². The van der Waals surface area contributed by atoms with Crippen molar-refractivity contribution >= 4 is 77.5 Å². The molecule has 1 aliphatic heterocycles. The molecular formula is C17H21BrO2S4. The molecule has 0 fully saturated rings. The maximum absolute atomic E-state index is 13.5. The van der Waals surface area contributed by atoms with E-state index in [-0.39, 0.29) is 11.6 Å². The second-order valence-electron chi connectivity index (χ2n) is 5.32. The highest BCUT2D eigenvalue weighted by Crippen LogP contribution is 2.55. The SMILES string of the molecule is CCc1cc(Br)ccc1C1C(=O)C(SC)=S(C)C(SC)(SC)C1=O. The number of carbonyl (C=O) groups is 2. The van der Waals surface area contributed by atoms with E-state index in [2.05, 4.69) is 22.9 Å². The second-order valence-corrected chi connectivity index (χ2v) is 12.2. The first-order valence-electron chi connectivity index (χ1n) is 7.42. The largest absolute Gasteiger partial charge is 0.295 e. The first kappa shape index (κ1) is 20.6. The van der Waals surface area contributed by atoms with Gasteiger partial charge >= 0.3 is 0 Å². The number of ketones is 2. The number of hydrogen-bond acceptors (Lipinski definition) is 5. The third-order valence-electron chi connectivity index (χ3n) is 4.23. The van der Waals surface area contributed by atoms with Crippen molar-refractivity contribution in [2.24, 2.45) is 0 Å². The van der Waals surface area contributed by atoms with Crippen LogP contribution in [0.2, 0.25) is 0 Å². The maximum atomic E-state index is 13.5. The van der Waals surface area contributed by atoms with Gasteiger partial charge in [0.25, 0.3) is 0 Å². The monoisotopic (exact) mass is 464 g/mol. The van der Waals surface area contributed by atoms with Crippen molar-refractivity contribution < 1.29 is 9.59 Å². The molecule has 2 atom stereocenters. The molecule has 7 heteroatoms. The number of benzene rings is 1. The van der Waals surface area contributed by atoms with Gasteiger partial charge in [0.2, 0.25) is 0 Å². The van der Waals surface area contributed by atoms with Crippen LogP contribution in [0.15, 0.2) is 22.7 Å². The summed E-state index contributed by atoms with van der Waals surface area (Å²) >= 11 is 8.14. The van der Waals surface area contributed by atoms with Gasteiger partial charge in [-0.25, -0.2) is 0 Å². The lowest BCUT2D eigenvalue weighted by Gasteiger charge is -2.39. The highest BCUT2D eigenvalue weighted by atomic mass is 79.9. The Balaban J connectivity index is 2.72. The fraction of sp³-hybridized carbons (Fsp3) is 0.471. The fourth-order valence-corrected chi connectivity index (χ4v) is 10.3. The zero-order chi connectivity index (χ0) is 18.1. The minimum Gasteiger partial charge on any atom is -0.295 e. The van der Waals surface area contributed by atoms with Crippen LogP contribution < -0.4 is 0 Å². The minimum atomic E-state index is -0.681. The summed E-state index contributed by atoms with van der Waals surface area (Å²) in [5, 5.41) is 0. The molecule has 0 saturated heterocycles. The normalized spacial score (nSPS) is 23.7. The lowest BCUT2D eigenvalue weighted by atomic mass is 9.87. The van der Waals surface area contributed by atoms with Crippen molar-refractivity contribution in [2.45, 2.75) is 22.7 Å². The molecule has 0 bridgehead atoms. The standard InChI is InChI=1S/C17H21BrO2S4/c1-6-10-9-11(18)7-8-12(10)13-14(19)16(21-2)24(5)17(22-3,23-4)15(13)20/h7-9,13H,6H2,1-5H3. The van der Waals surface area contributed by atoms with Gasteiger partial charge in [-0.15, -0.1) is 45.8 Å². The van der Waals surface area contributed by atoms with E-state index in [0.717, 1.165) is 26.2 Å². The van der Waals surface area contributed by atoms with Crippen molar-refractivity contribution in [1.29, 1.82) is 0 Å². The molecule has 0 saturated carbocycles. The van der Waals surface area contributed by atoms with Gasteiger partial charge in [-0.3, -0.25) is 9.59 Å². The zero-order valence-electron chi connectivity index (χ0n) is 14.3. The van der Waals surface area contributed by atoms with Crippen LogP contribution in [0.3, 0.4) is 0 Å². The molecule has 0 spiro atoms. The van der Waals surface area contributed by atoms with Crippen LogP contribution in [0.5, 0.6) is 0 Å². The zero-order valence-corrected chi connectivity index (χ0v) is 19.2. The summed E-state index contributed by atoms with van der Waals surface area (Å²) in [6.07, 6.45) is 8.73.